The van der Waals surface area contributed by atoms with Gasteiger partial charge >= 0.3 is 0 Å². The molecular formula is C14H16N2O2S. The summed E-state index contributed by atoms with van der Waals surface area (Å²) in [6.07, 6.45) is 1.63. The highest BCUT2D eigenvalue weighted by atomic mass is 32.2. The van der Waals surface area contributed by atoms with E-state index < -0.39 is 0 Å². The maximum absolute atomic E-state index is 11.9. The van der Waals surface area contributed by atoms with Crippen LogP contribution in [-0.4, -0.2) is 29.9 Å². The van der Waals surface area contributed by atoms with Crippen molar-refractivity contribution in [1.29, 1.82) is 0 Å². The van der Waals surface area contributed by atoms with Crippen molar-refractivity contribution in [1.82, 2.24) is 9.88 Å². The molecule has 1 aromatic carbocycles. The Morgan fingerprint density at radius 2 is 2.21 bits per heavy atom. The highest BCUT2D eigenvalue weighted by Crippen LogP contribution is 2.22. The lowest BCUT2D eigenvalue weighted by Gasteiger charge is -2.10. The number of aromatic nitrogens is 1. The highest BCUT2D eigenvalue weighted by Gasteiger charge is 2.09. The van der Waals surface area contributed by atoms with Gasteiger partial charge in [0, 0.05) is 25.4 Å². The van der Waals surface area contributed by atoms with Crippen LogP contribution >= 0.6 is 11.8 Å². The van der Waals surface area contributed by atoms with Crippen LogP contribution < -0.4 is 0 Å². The van der Waals surface area contributed by atoms with Gasteiger partial charge in [0.05, 0.1) is 5.69 Å². The third kappa shape index (κ3) is 3.61. The van der Waals surface area contributed by atoms with Crippen molar-refractivity contribution in [2.45, 2.75) is 17.9 Å². The standard InChI is InChI=1S/C14H16N2O2S/c1-10-8-18-14(15-10)19-9-11-5-4-6-12(7-11)13(17)16(2)3/h4-8H,9H2,1-3H3. The second kappa shape index (κ2) is 5.93. The van der Waals surface area contributed by atoms with Crippen molar-refractivity contribution in [3.63, 3.8) is 0 Å². The van der Waals surface area contributed by atoms with E-state index in [1.54, 1.807) is 25.3 Å². The summed E-state index contributed by atoms with van der Waals surface area (Å²) in [7, 11) is 3.50. The second-order valence-electron chi connectivity index (χ2n) is 4.44. The van der Waals surface area contributed by atoms with Gasteiger partial charge in [-0.15, -0.1) is 0 Å². The maximum Gasteiger partial charge on any atom is 0.256 e. The van der Waals surface area contributed by atoms with Crippen molar-refractivity contribution in [3.05, 3.63) is 47.3 Å². The Morgan fingerprint density at radius 1 is 1.42 bits per heavy atom. The van der Waals surface area contributed by atoms with Gasteiger partial charge in [-0.3, -0.25) is 4.79 Å². The Kier molecular flexibility index (Phi) is 4.27. The molecule has 0 atom stereocenters. The molecule has 0 saturated carbocycles. The van der Waals surface area contributed by atoms with Gasteiger partial charge in [0.2, 0.25) is 0 Å². The van der Waals surface area contributed by atoms with Crippen LogP contribution in [0.1, 0.15) is 21.6 Å². The van der Waals surface area contributed by atoms with Crippen LogP contribution in [0.15, 0.2) is 40.2 Å². The summed E-state index contributed by atoms with van der Waals surface area (Å²) in [5.74, 6) is 0.743. The van der Waals surface area contributed by atoms with Gasteiger partial charge in [-0.05, 0) is 24.6 Å². The molecule has 100 valence electrons. The van der Waals surface area contributed by atoms with Gasteiger partial charge in [0.25, 0.3) is 11.1 Å². The molecule has 1 amide bonds. The minimum absolute atomic E-state index is 0.0128. The SMILES string of the molecule is Cc1coc(SCc2cccc(C(=O)N(C)C)c2)n1. The zero-order valence-corrected chi connectivity index (χ0v) is 12.0. The average Bonchev–Trinajstić information content (AvgIpc) is 2.81. The molecule has 19 heavy (non-hydrogen) atoms. The summed E-state index contributed by atoms with van der Waals surface area (Å²) in [5, 5.41) is 0.654. The van der Waals surface area contributed by atoms with Crippen LogP contribution in [0.2, 0.25) is 0 Å². The van der Waals surface area contributed by atoms with E-state index in [1.807, 2.05) is 31.2 Å². The lowest BCUT2D eigenvalue weighted by molar-refractivity contribution is 0.0827. The smallest absolute Gasteiger partial charge is 0.256 e. The number of oxazole rings is 1. The first kappa shape index (κ1) is 13.7. The van der Waals surface area contributed by atoms with E-state index in [-0.39, 0.29) is 5.91 Å². The van der Waals surface area contributed by atoms with Crippen molar-refractivity contribution in [2.24, 2.45) is 0 Å². The van der Waals surface area contributed by atoms with Crippen LogP contribution in [0, 0.1) is 6.92 Å². The number of hydrogen-bond donors (Lipinski definition) is 0. The predicted octanol–water partition coefficient (Wildman–Crippen LogP) is 2.98. The lowest BCUT2D eigenvalue weighted by atomic mass is 10.1. The quantitative estimate of drug-likeness (QED) is 0.805. The number of aryl methyl sites for hydroxylation is 1. The molecule has 5 heteroatoms. The summed E-state index contributed by atoms with van der Waals surface area (Å²) in [6, 6.07) is 7.62. The molecule has 0 aliphatic carbocycles. The van der Waals surface area contributed by atoms with Crippen LogP contribution in [0.3, 0.4) is 0 Å². The second-order valence-corrected chi connectivity index (χ2v) is 5.37. The first-order valence-corrected chi connectivity index (χ1v) is 6.90. The highest BCUT2D eigenvalue weighted by molar-refractivity contribution is 7.98. The fourth-order valence-electron chi connectivity index (χ4n) is 1.60. The van der Waals surface area contributed by atoms with Crippen molar-refractivity contribution in [3.8, 4) is 0 Å². The number of benzene rings is 1. The fourth-order valence-corrected chi connectivity index (χ4v) is 2.39. The Balaban J connectivity index is 2.05. The number of thioether (sulfide) groups is 1. The minimum Gasteiger partial charge on any atom is -0.440 e. The van der Waals surface area contributed by atoms with E-state index in [4.69, 9.17) is 4.42 Å². The lowest BCUT2D eigenvalue weighted by Crippen LogP contribution is -2.21. The first-order chi connectivity index (χ1) is 9.06. The molecular weight excluding hydrogens is 260 g/mol. The Labute approximate surface area is 116 Å². The summed E-state index contributed by atoms with van der Waals surface area (Å²) in [4.78, 5) is 17.7. The molecule has 0 N–H and O–H groups in total. The van der Waals surface area contributed by atoms with Gasteiger partial charge < -0.3 is 9.32 Å². The average molecular weight is 276 g/mol. The Morgan fingerprint density at radius 3 is 2.84 bits per heavy atom. The zero-order chi connectivity index (χ0) is 13.8. The number of nitrogens with zero attached hydrogens (tertiary/aromatic N) is 2. The summed E-state index contributed by atoms with van der Waals surface area (Å²) in [6.45, 7) is 1.89. The monoisotopic (exact) mass is 276 g/mol. The molecule has 0 saturated heterocycles. The van der Waals surface area contributed by atoms with E-state index in [1.165, 1.54) is 11.8 Å². The molecule has 0 bridgehead atoms. The third-order valence-corrected chi connectivity index (χ3v) is 3.45. The first-order valence-electron chi connectivity index (χ1n) is 5.92. The molecule has 4 nitrogen and oxygen atoms in total. The molecule has 1 heterocycles. The van der Waals surface area contributed by atoms with Crippen LogP contribution in [0.4, 0.5) is 0 Å². The van der Waals surface area contributed by atoms with E-state index in [2.05, 4.69) is 4.98 Å². The summed E-state index contributed by atoms with van der Waals surface area (Å²) in [5.41, 5.74) is 2.65. The van der Waals surface area contributed by atoms with E-state index in [0.29, 0.717) is 10.8 Å². The molecule has 1 aromatic heterocycles. The molecule has 2 aromatic rings. The molecule has 0 fully saturated rings. The molecule has 0 unspecified atom stereocenters. The molecule has 0 aliphatic rings. The van der Waals surface area contributed by atoms with Crippen molar-refractivity contribution in [2.75, 3.05) is 14.1 Å². The van der Waals surface area contributed by atoms with Crippen LogP contribution in [-0.2, 0) is 5.75 Å². The largest absolute Gasteiger partial charge is 0.440 e. The van der Waals surface area contributed by atoms with Gasteiger partial charge in [0.15, 0.2) is 0 Å². The normalized spacial score (nSPS) is 10.5. The maximum atomic E-state index is 11.9. The topological polar surface area (TPSA) is 46.3 Å². The number of amides is 1. The van der Waals surface area contributed by atoms with Gasteiger partial charge in [-0.1, -0.05) is 23.9 Å². The van der Waals surface area contributed by atoms with Crippen molar-refractivity contribution < 1.29 is 9.21 Å². The van der Waals surface area contributed by atoms with E-state index in [9.17, 15) is 4.79 Å². The van der Waals surface area contributed by atoms with Crippen LogP contribution in [0.5, 0.6) is 0 Å². The van der Waals surface area contributed by atoms with Crippen LogP contribution in [0.25, 0.3) is 0 Å². The number of carbonyl (C=O) groups excluding carboxylic acids is 1. The Bertz CT molecular complexity index is 578. The fraction of sp³-hybridized carbons (Fsp3) is 0.286. The molecule has 0 radical (unpaired) electrons. The molecule has 0 spiro atoms. The van der Waals surface area contributed by atoms with Gasteiger partial charge in [-0.25, -0.2) is 4.98 Å². The summed E-state index contributed by atoms with van der Waals surface area (Å²) >= 11 is 1.52. The predicted molar refractivity (Wildman–Crippen MR) is 75.3 cm³/mol. The zero-order valence-electron chi connectivity index (χ0n) is 11.2. The minimum atomic E-state index is 0.0128. The van der Waals surface area contributed by atoms with E-state index in [0.717, 1.165) is 17.0 Å². The van der Waals surface area contributed by atoms with E-state index >= 15 is 0 Å². The molecule has 2 rings (SSSR count). The van der Waals surface area contributed by atoms with Crippen molar-refractivity contribution >= 4 is 17.7 Å². The number of carbonyl (C=O) groups is 1. The molecule has 0 aliphatic heterocycles. The third-order valence-electron chi connectivity index (χ3n) is 2.54. The van der Waals surface area contributed by atoms with Gasteiger partial charge in [0.1, 0.15) is 6.26 Å². The summed E-state index contributed by atoms with van der Waals surface area (Å²) < 4.78 is 5.28. The number of hydrogen-bond acceptors (Lipinski definition) is 4. The Hall–Kier alpha value is -1.75. The van der Waals surface area contributed by atoms with Gasteiger partial charge in [-0.2, -0.15) is 0 Å². The number of rotatable bonds is 4.